The van der Waals surface area contributed by atoms with Crippen molar-refractivity contribution in [3.8, 4) is 5.75 Å². The van der Waals surface area contributed by atoms with Crippen molar-refractivity contribution in [1.29, 1.82) is 0 Å². The van der Waals surface area contributed by atoms with Crippen molar-refractivity contribution < 1.29 is 18.7 Å². The van der Waals surface area contributed by atoms with Gasteiger partial charge in [-0.1, -0.05) is 12.8 Å². The van der Waals surface area contributed by atoms with E-state index in [9.17, 15) is 14.0 Å². The Morgan fingerprint density at radius 2 is 1.85 bits per heavy atom. The maximum Gasteiger partial charge on any atom is 0.321 e. The number of imide groups is 1. The van der Waals surface area contributed by atoms with E-state index < -0.39 is 11.9 Å². The molecule has 1 fully saturated rings. The highest BCUT2D eigenvalue weighted by Gasteiger charge is 2.18. The molecule has 6 heteroatoms. The van der Waals surface area contributed by atoms with Crippen molar-refractivity contribution in [3.05, 3.63) is 30.1 Å². The van der Waals surface area contributed by atoms with Crippen LogP contribution in [0.15, 0.2) is 24.3 Å². The lowest BCUT2D eigenvalue weighted by molar-refractivity contribution is -0.122. The summed E-state index contributed by atoms with van der Waals surface area (Å²) in [5.41, 5.74) is 0. The largest absolute Gasteiger partial charge is 0.484 e. The number of carbonyl (C=O) groups excluding carboxylic acids is 2. The van der Waals surface area contributed by atoms with E-state index in [1.54, 1.807) is 0 Å². The van der Waals surface area contributed by atoms with Gasteiger partial charge in [-0.15, -0.1) is 0 Å². The minimum absolute atomic E-state index is 0.154. The number of amides is 3. The third-order valence-corrected chi connectivity index (χ3v) is 3.13. The van der Waals surface area contributed by atoms with Gasteiger partial charge in [0.1, 0.15) is 11.6 Å². The van der Waals surface area contributed by atoms with Gasteiger partial charge in [-0.25, -0.2) is 9.18 Å². The topological polar surface area (TPSA) is 67.4 Å². The first-order valence-electron chi connectivity index (χ1n) is 6.62. The van der Waals surface area contributed by atoms with E-state index in [0.29, 0.717) is 5.75 Å². The number of rotatable bonds is 4. The second-order valence-electron chi connectivity index (χ2n) is 4.75. The number of hydrogen-bond donors (Lipinski definition) is 2. The lowest BCUT2D eigenvalue weighted by Gasteiger charge is -2.12. The minimum Gasteiger partial charge on any atom is -0.484 e. The van der Waals surface area contributed by atoms with Crippen LogP contribution in [-0.4, -0.2) is 24.6 Å². The molecule has 0 aromatic heterocycles. The van der Waals surface area contributed by atoms with Crippen molar-refractivity contribution in [3.63, 3.8) is 0 Å². The first-order valence-corrected chi connectivity index (χ1v) is 6.62. The Balaban J connectivity index is 1.69. The first-order chi connectivity index (χ1) is 9.63. The van der Waals surface area contributed by atoms with Crippen LogP contribution in [0.25, 0.3) is 0 Å². The molecule has 1 aliphatic rings. The number of benzene rings is 1. The predicted molar refractivity (Wildman–Crippen MR) is 70.8 cm³/mol. The van der Waals surface area contributed by atoms with Gasteiger partial charge in [0.2, 0.25) is 0 Å². The van der Waals surface area contributed by atoms with E-state index in [1.165, 1.54) is 24.3 Å². The van der Waals surface area contributed by atoms with Crippen LogP contribution < -0.4 is 15.4 Å². The van der Waals surface area contributed by atoms with E-state index in [2.05, 4.69) is 10.6 Å². The highest BCUT2D eigenvalue weighted by atomic mass is 19.1. The van der Waals surface area contributed by atoms with Crippen LogP contribution in [-0.2, 0) is 4.79 Å². The molecule has 2 rings (SSSR count). The van der Waals surface area contributed by atoms with Gasteiger partial charge in [-0.2, -0.15) is 0 Å². The molecular weight excluding hydrogens is 263 g/mol. The number of carbonyl (C=O) groups is 2. The number of ether oxygens (including phenoxy) is 1. The van der Waals surface area contributed by atoms with Crippen molar-refractivity contribution in [2.45, 2.75) is 31.7 Å². The van der Waals surface area contributed by atoms with Gasteiger partial charge in [0.05, 0.1) is 0 Å². The second-order valence-corrected chi connectivity index (χ2v) is 4.75. The summed E-state index contributed by atoms with van der Waals surface area (Å²) in [6.45, 7) is -0.288. The van der Waals surface area contributed by atoms with Crippen molar-refractivity contribution >= 4 is 11.9 Å². The average Bonchev–Trinajstić information content (AvgIpc) is 2.90. The second kappa shape index (κ2) is 6.88. The fraction of sp³-hybridized carbons (Fsp3) is 0.429. The highest BCUT2D eigenvalue weighted by Crippen LogP contribution is 2.17. The van der Waals surface area contributed by atoms with Gasteiger partial charge in [0.25, 0.3) is 5.91 Å². The fourth-order valence-corrected chi connectivity index (χ4v) is 2.13. The zero-order valence-electron chi connectivity index (χ0n) is 11.0. The summed E-state index contributed by atoms with van der Waals surface area (Å²) in [6, 6.07) is 4.97. The molecule has 1 aromatic carbocycles. The molecule has 0 spiro atoms. The molecule has 20 heavy (non-hydrogen) atoms. The van der Waals surface area contributed by atoms with E-state index in [4.69, 9.17) is 4.74 Å². The molecule has 0 radical (unpaired) electrons. The monoisotopic (exact) mass is 280 g/mol. The van der Waals surface area contributed by atoms with Gasteiger partial charge in [-0.05, 0) is 37.1 Å². The number of nitrogens with one attached hydrogen (secondary N) is 2. The van der Waals surface area contributed by atoms with Crippen LogP contribution in [0.5, 0.6) is 5.75 Å². The lowest BCUT2D eigenvalue weighted by Crippen LogP contribution is -2.45. The standard InChI is InChI=1S/C14H17FN2O3/c15-10-5-7-12(8-6-10)20-9-13(18)17-14(19)16-11-3-1-2-4-11/h5-8,11H,1-4,9H2,(H2,16,17,18,19). The Labute approximate surface area is 116 Å². The molecule has 108 valence electrons. The van der Waals surface area contributed by atoms with E-state index in [0.717, 1.165) is 25.7 Å². The van der Waals surface area contributed by atoms with Gasteiger partial charge >= 0.3 is 6.03 Å². The lowest BCUT2D eigenvalue weighted by atomic mass is 10.2. The van der Waals surface area contributed by atoms with Gasteiger partial charge in [-0.3, -0.25) is 10.1 Å². The summed E-state index contributed by atoms with van der Waals surface area (Å²) in [7, 11) is 0. The average molecular weight is 280 g/mol. The molecule has 0 saturated heterocycles. The van der Waals surface area contributed by atoms with E-state index in [1.807, 2.05) is 0 Å². The Kier molecular flexibility index (Phi) is 4.92. The molecule has 5 nitrogen and oxygen atoms in total. The molecule has 1 aromatic rings. The maximum absolute atomic E-state index is 12.7. The fourth-order valence-electron chi connectivity index (χ4n) is 2.13. The number of halogens is 1. The summed E-state index contributed by atoms with van der Waals surface area (Å²) in [5.74, 6) is -0.541. The molecule has 1 aliphatic carbocycles. The molecule has 0 atom stereocenters. The van der Waals surface area contributed by atoms with Crippen LogP contribution in [0.1, 0.15) is 25.7 Å². The quantitative estimate of drug-likeness (QED) is 0.886. The number of urea groups is 1. The van der Waals surface area contributed by atoms with Gasteiger partial charge < -0.3 is 10.1 Å². The molecule has 1 saturated carbocycles. The van der Waals surface area contributed by atoms with Gasteiger partial charge in [0.15, 0.2) is 6.61 Å². The van der Waals surface area contributed by atoms with E-state index in [-0.39, 0.29) is 18.5 Å². The zero-order chi connectivity index (χ0) is 14.4. The SMILES string of the molecule is O=C(COc1ccc(F)cc1)NC(=O)NC1CCCC1. The van der Waals surface area contributed by atoms with E-state index >= 15 is 0 Å². The molecule has 0 aliphatic heterocycles. The van der Waals surface area contributed by atoms with Crippen LogP contribution in [0.2, 0.25) is 0 Å². The van der Waals surface area contributed by atoms with Crippen LogP contribution in [0.3, 0.4) is 0 Å². The Morgan fingerprint density at radius 1 is 1.20 bits per heavy atom. The molecule has 0 bridgehead atoms. The van der Waals surface area contributed by atoms with Crippen LogP contribution in [0, 0.1) is 5.82 Å². The molecule has 2 N–H and O–H groups in total. The smallest absolute Gasteiger partial charge is 0.321 e. The summed E-state index contributed by atoms with van der Waals surface area (Å²) in [4.78, 5) is 23.0. The third-order valence-electron chi connectivity index (χ3n) is 3.13. The summed E-state index contributed by atoms with van der Waals surface area (Å²) >= 11 is 0. The third kappa shape index (κ3) is 4.53. The van der Waals surface area contributed by atoms with Crippen LogP contribution >= 0.6 is 0 Å². The Hall–Kier alpha value is -2.11. The molecule has 0 unspecified atom stereocenters. The predicted octanol–water partition coefficient (Wildman–Crippen LogP) is 1.97. The minimum atomic E-state index is -0.537. The summed E-state index contributed by atoms with van der Waals surface area (Å²) < 4.78 is 17.8. The van der Waals surface area contributed by atoms with Crippen molar-refractivity contribution in [2.24, 2.45) is 0 Å². The maximum atomic E-state index is 12.7. The highest BCUT2D eigenvalue weighted by molar-refractivity contribution is 5.95. The Bertz CT molecular complexity index is 470. The van der Waals surface area contributed by atoms with Crippen molar-refractivity contribution in [1.82, 2.24) is 10.6 Å². The molecule has 3 amide bonds. The number of hydrogen-bond acceptors (Lipinski definition) is 3. The zero-order valence-corrected chi connectivity index (χ0v) is 11.0. The normalized spacial score (nSPS) is 14.8. The molecule has 0 heterocycles. The summed E-state index contributed by atoms with van der Waals surface area (Å²) in [5, 5.41) is 4.94. The van der Waals surface area contributed by atoms with Crippen LogP contribution in [0.4, 0.5) is 9.18 Å². The Morgan fingerprint density at radius 3 is 2.50 bits per heavy atom. The first kappa shape index (κ1) is 14.3. The van der Waals surface area contributed by atoms with Gasteiger partial charge in [0, 0.05) is 6.04 Å². The van der Waals surface area contributed by atoms with Crippen molar-refractivity contribution in [2.75, 3.05) is 6.61 Å². The molecular formula is C14H17FN2O3. The summed E-state index contributed by atoms with van der Waals surface area (Å²) in [6.07, 6.45) is 4.11.